The molecule has 2 aliphatic heterocycles. The Morgan fingerprint density at radius 1 is 0.968 bits per heavy atom. The van der Waals surface area contributed by atoms with E-state index in [4.69, 9.17) is 24.7 Å². The van der Waals surface area contributed by atoms with Crippen LogP contribution in [0.5, 0.6) is 0 Å². The Balaban J connectivity index is 1.14. The van der Waals surface area contributed by atoms with E-state index in [1.54, 1.807) is 12.1 Å². The van der Waals surface area contributed by atoms with E-state index < -0.39 is 102 Å². The van der Waals surface area contributed by atoms with Crippen molar-refractivity contribution in [1.82, 2.24) is 21.3 Å². The summed E-state index contributed by atoms with van der Waals surface area (Å²) >= 11 is 0. The van der Waals surface area contributed by atoms with Gasteiger partial charge in [0, 0.05) is 31.1 Å². The zero-order chi connectivity index (χ0) is 45.8. The molecule has 1 saturated heterocycles. The van der Waals surface area contributed by atoms with Crippen molar-refractivity contribution in [2.45, 2.75) is 114 Å². The van der Waals surface area contributed by atoms with Gasteiger partial charge in [0.05, 0.1) is 35.4 Å². The Morgan fingerprint density at radius 2 is 1.67 bits per heavy atom. The first-order valence-electron chi connectivity index (χ1n) is 20.6. The number of aliphatic hydroxyl groups excluding tert-OH is 2. The predicted molar refractivity (Wildman–Crippen MR) is 226 cm³/mol. The molecule has 2 aliphatic rings. The summed E-state index contributed by atoms with van der Waals surface area (Å²) < 4.78 is 23.2. The van der Waals surface area contributed by atoms with Crippen LogP contribution < -0.4 is 32.3 Å². The van der Waals surface area contributed by atoms with E-state index in [1.807, 2.05) is 61.5 Å². The average molecular weight is 878 g/mol. The Kier molecular flexibility index (Phi) is 17.0. The van der Waals surface area contributed by atoms with Crippen LogP contribution in [0.1, 0.15) is 69.7 Å². The van der Waals surface area contributed by atoms with Crippen LogP contribution in [0.2, 0.25) is 0 Å². The zero-order valence-corrected chi connectivity index (χ0v) is 35.4. The second-order valence-corrected chi connectivity index (χ2v) is 15.3. The van der Waals surface area contributed by atoms with Gasteiger partial charge < -0.3 is 56.2 Å². The van der Waals surface area contributed by atoms with Gasteiger partial charge in [-0.05, 0) is 49.9 Å². The number of nitro groups is 1. The number of esters is 1. The molecule has 8 unspecified atom stereocenters. The van der Waals surface area contributed by atoms with Gasteiger partial charge in [-0.3, -0.25) is 39.4 Å². The van der Waals surface area contributed by atoms with Crippen molar-refractivity contribution in [2.24, 2.45) is 5.73 Å². The lowest BCUT2D eigenvalue weighted by Crippen LogP contribution is -2.66. The summed E-state index contributed by atoms with van der Waals surface area (Å²) in [5.41, 5.74) is 8.84. The minimum absolute atomic E-state index is 0.0514. The van der Waals surface area contributed by atoms with Crippen molar-refractivity contribution >= 4 is 46.7 Å². The fraction of sp³-hybridized carbons (Fsp3) is 0.465. The fourth-order valence-corrected chi connectivity index (χ4v) is 7.30. The molecule has 20 nitrogen and oxygen atoms in total. The standard InChI is InChI=1S/C43H55N7O13/c1-5-27(47-36-28-14-9-10-15-29(28)48-30-16-11-17-32(35(30)36)50(58)59)22-60-34(53)19-18-31(40(44)55)49-41(56)23(2)45-42(57)24(3)62-39-37(46-25(4)52)43(63-33(20-51)38(39)54)61-21-26-12-7-6-8-13-26/h6-17,23-24,27,31,33,36-39,43,47-48,51,54H,5,18-22H2,1-4H3,(H2,44,55)(H,45,57)(H,46,52)(H,49,56)/t23-,24?,27?,31-,33?,36?,37?,38?,39?,43?/m1/s1. The number of benzene rings is 3. The molecule has 5 rings (SSSR count). The molecule has 2 heterocycles. The number of nitrogens with one attached hydrogen (secondary N) is 5. The van der Waals surface area contributed by atoms with E-state index in [0.29, 0.717) is 17.7 Å². The summed E-state index contributed by atoms with van der Waals surface area (Å²) in [5, 5.41) is 47.3. The number of ether oxygens (including phenoxy) is 4. The Labute approximate surface area is 363 Å². The van der Waals surface area contributed by atoms with Crippen LogP contribution in [0.15, 0.2) is 72.8 Å². The summed E-state index contributed by atoms with van der Waals surface area (Å²) in [5.74, 6) is -3.75. The van der Waals surface area contributed by atoms with E-state index in [1.165, 1.54) is 26.8 Å². The van der Waals surface area contributed by atoms with Crippen molar-refractivity contribution in [3.8, 4) is 0 Å². The number of hydrogen-bond donors (Lipinski definition) is 8. The third-order valence-electron chi connectivity index (χ3n) is 10.7. The number of nitro benzene ring substituents is 1. The van der Waals surface area contributed by atoms with Crippen molar-refractivity contribution in [3.63, 3.8) is 0 Å². The quantitative estimate of drug-likeness (QED) is 0.0427. The molecule has 9 N–H and O–H groups in total. The number of carbonyl (C=O) groups excluding carboxylic acids is 5. The van der Waals surface area contributed by atoms with Crippen LogP contribution in [0.4, 0.5) is 17.1 Å². The fourth-order valence-electron chi connectivity index (χ4n) is 7.30. The van der Waals surface area contributed by atoms with Gasteiger partial charge in [0.15, 0.2) is 6.29 Å². The second kappa shape index (κ2) is 22.4. The molecule has 10 atom stereocenters. The number of anilines is 2. The molecule has 340 valence electrons. The second-order valence-electron chi connectivity index (χ2n) is 15.3. The molecule has 0 saturated carbocycles. The van der Waals surface area contributed by atoms with Crippen LogP contribution in [0.3, 0.4) is 0 Å². The number of nitrogens with two attached hydrogens (primary N) is 1. The normalized spacial score (nSPS) is 22.1. The molecule has 1 fully saturated rings. The lowest BCUT2D eigenvalue weighted by atomic mass is 9.90. The minimum atomic E-state index is -1.51. The molecular weight excluding hydrogens is 823 g/mol. The Morgan fingerprint density at radius 3 is 2.33 bits per heavy atom. The number of para-hydroxylation sites is 1. The van der Waals surface area contributed by atoms with Crippen molar-refractivity contribution in [2.75, 3.05) is 18.5 Å². The number of hydrogen-bond acceptors (Lipinski definition) is 15. The van der Waals surface area contributed by atoms with Crippen LogP contribution in [-0.4, -0.2) is 113 Å². The topological polar surface area (TPSA) is 292 Å². The highest BCUT2D eigenvalue weighted by Crippen LogP contribution is 2.44. The minimum Gasteiger partial charge on any atom is -0.464 e. The number of primary amides is 1. The zero-order valence-electron chi connectivity index (χ0n) is 35.4. The van der Waals surface area contributed by atoms with E-state index in [2.05, 4.69) is 26.6 Å². The van der Waals surface area contributed by atoms with Crippen LogP contribution in [-0.2, 0) is 49.5 Å². The number of aliphatic hydroxyl groups is 2. The molecule has 0 radical (unpaired) electrons. The number of fused-ring (bicyclic) bond motifs is 2. The molecule has 0 bridgehead atoms. The van der Waals surface area contributed by atoms with Crippen LogP contribution >= 0.6 is 0 Å². The first-order chi connectivity index (χ1) is 30.1. The van der Waals surface area contributed by atoms with Crippen molar-refractivity contribution in [3.05, 3.63) is 99.6 Å². The molecule has 20 heteroatoms. The lowest BCUT2D eigenvalue weighted by Gasteiger charge is -2.44. The van der Waals surface area contributed by atoms with Gasteiger partial charge in [0.1, 0.15) is 49.1 Å². The molecule has 63 heavy (non-hydrogen) atoms. The van der Waals surface area contributed by atoms with Gasteiger partial charge >= 0.3 is 5.97 Å². The van der Waals surface area contributed by atoms with Gasteiger partial charge in [-0.25, -0.2) is 0 Å². The van der Waals surface area contributed by atoms with Gasteiger partial charge in [0.25, 0.3) is 5.69 Å². The van der Waals surface area contributed by atoms with E-state index in [-0.39, 0.29) is 31.7 Å². The summed E-state index contributed by atoms with van der Waals surface area (Å²) in [7, 11) is 0. The first-order valence-corrected chi connectivity index (χ1v) is 20.6. The molecule has 3 aromatic carbocycles. The summed E-state index contributed by atoms with van der Waals surface area (Å²) in [4.78, 5) is 75.6. The van der Waals surface area contributed by atoms with E-state index in [9.17, 15) is 44.3 Å². The number of rotatable bonds is 21. The SMILES string of the molecule is CCC(COC(=O)CC[C@@H](NC(=O)[C@@H](C)NC(=O)C(C)OC1C(O)C(CO)OC(OCc2ccccc2)C1NC(C)=O)C(N)=O)NC1c2ccccc2Nc2cccc([N+](=O)[O-])c21. The first kappa shape index (κ1) is 48.0. The summed E-state index contributed by atoms with van der Waals surface area (Å²) in [6, 6.07) is 16.5. The molecule has 0 spiro atoms. The van der Waals surface area contributed by atoms with Crippen LogP contribution in [0, 0.1) is 10.1 Å². The smallest absolute Gasteiger partial charge is 0.305 e. The molecule has 4 amide bonds. The summed E-state index contributed by atoms with van der Waals surface area (Å²) in [6.45, 7) is 5.11. The van der Waals surface area contributed by atoms with Gasteiger partial charge in [0.2, 0.25) is 23.6 Å². The molecule has 0 aliphatic carbocycles. The maximum Gasteiger partial charge on any atom is 0.305 e. The highest BCUT2D eigenvalue weighted by Gasteiger charge is 2.48. The molecular formula is C43H55N7O13. The molecule has 3 aromatic rings. The highest BCUT2D eigenvalue weighted by atomic mass is 16.7. The van der Waals surface area contributed by atoms with Crippen molar-refractivity contribution < 1.29 is 58.1 Å². The Bertz CT molecular complexity index is 2090. The number of carbonyl (C=O) groups is 5. The maximum absolute atomic E-state index is 13.3. The monoisotopic (exact) mass is 877 g/mol. The van der Waals surface area contributed by atoms with Gasteiger partial charge in [-0.15, -0.1) is 0 Å². The maximum atomic E-state index is 13.3. The number of nitrogens with zero attached hydrogens (tertiary/aromatic N) is 1. The summed E-state index contributed by atoms with van der Waals surface area (Å²) in [6.07, 6.45) is -6.61. The highest BCUT2D eigenvalue weighted by molar-refractivity contribution is 5.92. The van der Waals surface area contributed by atoms with Gasteiger partial charge in [-0.2, -0.15) is 0 Å². The Hall–Kier alpha value is -6.03. The molecule has 0 aromatic heterocycles. The average Bonchev–Trinajstić information content (AvgIpc) is 3.26. The third-order valence-corrected chi connectivity index (χ3v) is 10.7. The van der Waals surface area contributed by atoms with Gasteiger partial charge in [-0.1, -0.05) is 61.5 Å². The van der Waals surface area contributed by atoms with Crippen LogP contribution in [0.25, 0.3) is 0 Å². The number of amides is 4. The van der Waals surface area contributed by atoms with Crippen molar-refractivity contribution in [1.29, 1.82) is 0 Å². The predicted octanol–water partition coefficient (Wildman–Crippen LogP) is 1.48. The largest absolute Gasteiger partial charge is 0.464 e. The van der Waals surface area contributed by atoms with E-state index >= 15 is 0 Å². The third kappa shape index (κ3) is 12.6. The van der Waals surface area contributed by atoms with E-state index in [0.717, 1.165) is 16.8 Å². The lowest BCUT2D eigenvalue weighted by molar-refractivity contribution is -0.385.